The predicted octanol–water partition coefficient (Wildman–Crippen LogP) is 1.32. The summed E-state index contributed by atoms with van der Waals surface area (Å²) in [6.45, 7) is 9.04. The highest BCUT2D eigenvalue weighted by Crippen LogP contribution is 2.50. The van der Waals surface area contributed by atoms with Gasteiger partial charge < -0.3 is 19.3 Å². The SMILES string of the molecule is CCOC(C[C@]1(C)O[C@]1(C)CO)OCC. The molecule has 2 atom stereocenters. The first-order chi connectivity index (χ1) is 7.01. The van der Waals surface area contributed by atoms with Gasteiger partial charge in [-0.05, 0) is 27.7 Å². The van der Waals surface area contributed by atoms with Gasteiger partial charge in [0.15, 0.2) is 6.29 Å². The molecule has 1 aliphatic heterocycles. The van der Waals surface area contributed by atoms with Gasteiger partial charge in [-0.1, -0.05) is 0 Å². The zero-order valence-electron chi connectivity index (χ0n) is 10.1. The van der Waals surface area contributed by atoms with Crippen LogP contribution in [0, 0.1) is 0 Å². The van der Waals surface area contributed by atoms with Crippen molar-refractivity contribution in [2.75, 3.05) is 19.8 Å². The van der Waals surface area contributed by atoms with Crippen LogP contribution in [0.3, 0.4) is 0 Å². The molecule has 0 aromatic carbocycles. The summed E-state index contributed by atoms with van der Waals surface area (Å²) in [5, 5.41) is 9.17. The summed E-state index contributed by atoms with van der Waals surface area (Å²) in [5.74, 6) is 0. The van der Waals surface area contributed by atoms with Gasteiger partial charge in [0.25, 0.3) is 0 Å². The van der Waals surface area contributed by atoms with E-state index in [4.69, 9.17) is 19.3 Å². The summed E-state index contributed by atoms with van der Waals surface area (Å²) in [6.07, 6.45) is 0.421. The van der Waals surface area contributed by atoms with E-state index in [0.717, 1.165) is 0 Å². The van der Waals surface area contributed by atoms with Crippen molar-refractivity contribution in [3.63, 3.8) is 0 Å². The van der Waals surface area contributed by atoms with Gasteiger partial charge in [-0.25, -0.2) is 0 Å². The molecule has 1 aliphatic rings. The number of aliphatic hydroxyl groups excluding tert-OH is 1. The number of epoxide rings is 1. The van der Waals surface area contributed by atoms with Gasteiger partial charge in [-0.2, -0.15) is 0 Å². The average molecular weight is 218 g/mol. The first kappa shape index (κ1) is 12.9. The summed E-state index contributed by atoms with van der Waals surface area (Å²) in [5.41, 5.74) is -0.754. The molecule has 1 heterocycles. The van der Waals surface area contributed by atoms with Crippen LogP contribution in [0.2, 0.25) is 0 Å². The third kappa shape index (κ3) is 2.69. The van der Waals surface area contributed by atoms with Crippen LogP contribution in [-0.2, 0) is 14.2 Å². The lowest BCUT2D eigenvalue weighted by Crippen LogP contribution is -2.31. The monoisotopic (exact) mass is 218 g/mol. The molecular weight excluding hydrogens is 196 g/mol. The minimum Gasteiger partial charge on any atom is -0.393 e. The predicted molar refractivity (Wildman–Crippen MR) is 56.6 cm³/mol. The normalized spacial score (nSPS) is 34.8. The minimum atomic E-state index is -0.431. The van der Waals surface area contributed by atoms with Gasteiger partial charge in [-0.15, -0.1) is 0 Å². The Balaban J connectivity index is 2.45. The molecule has 0 aromatic rings. The summed E-state index contributed by atoms with van der Waals surface area (Å²) in [7, 11) is 0. The van der Waals surface area contributed by atoms with E-state index in [1.807, 2.05) is 27.7 Å². The third-order valence-electron chi connectivity index (χ3n) is 3.09. The highest BCUT2D eigenvalue weighted by molar-refractivity contribution is 5.10. The lowest BCUT2D eigenvalue weighted by Gasteiger charge is -2.20. The smallest absolute Gasteiger partial charge is 0.160 e. The van der Waals surface area contributed by atoms with E-state index in [1.165, 1.54) is 0 Å². The second-order valence-electron chi connectivity index (χ2n) is 4.27. The molecular formula is C11H22O4. The van der Waals surface area contributed by atoms with Crippen molar-refractivity contribution < 1.29 is 19.3 Å². The maximum absolute atomic E-state index is 9.17. The molecule has 4 nitrogen and oxygen atoms in total. The Hall–Kier alpha value is -0.160. The van der Waals surface area contributed by atoms with Gasteiger partial charge in [-0.3, -0.25) is 0 Å². The van der Waals surface area contributed by atoms with E-state index in [2.05, 4.69) is 0 Å². The van der Waals surface area contributed by atoms with Crippen LogP contribution in [0.25, 0.3) is 0 Å². The molecule has 15 heavy (non-hydrogen) atoms. The average Bonchev–Trinajstić information content (AvgIpc) is 2.70. The second kappa shape index (κ2) is 4.78. The summed E-state index contributed by atoms with van der Waals surface area (Å²) < 4.78 is 16.5. The number of hydrogen-bond acceptors (Lipinski definition) is 4. The van der Waals surface area contributed by atoms with Crippen LogP contribution < -0.4 is 0 Å². The van der Waals surface area contributed by atoms with Crippen LogP contribution in [0.4, 0.5) is 0 Å². The lowest BCUT2D eigenvalue weighted by molar-refractivity contribution is -0.147. The largest absolute Gasteiger partial charge is 0.393 e. The molecule has 0 aliphatic carbocycles. The van der Waals surface area contributed by atoms with E-state index >= 15 is 0 Å². The molecule has 1 fully saturated rings. The fourth-order valence-electron chi connectivity index (χ4n) is 1.78. The first-order valence-electron chi connectivity index (χ1n) is 5.55. The van der Waals surface area contributed by atoms with E-state index in [-0.39, 0.29) is 18.5 Å². The maximum atomic E-state index is 9.17. The highest BCUT2D eigenvalue weighted by atomic mass is 16.7. The maximum Gasteiger partial charge on any atom is 0.160 e. The summed E-state index contributed by atoms with van der Waals surface area (Å²) in [4.78, 5) is 0. The van der Waals surface area contributed by atoms with Gasteiger partial charge >= 0.3 is 0 Å². The van der Waals surface area contributed by atoms with Crippen molar-refractivity contribution >= 4 is 0 Å². The van der Waals surface area contributed by atoms with Crippen LogP contribution in [0.15, 0.2) is 0 Å². The minimum absolute atomic E-state index is 0.0362. The third-order valence-corrected chi connectivity index (χ3v) is 3.09. The van der Waals surface area contributed by atoms with Crippen molar-refractivity contribution in [3.8, 4) is 0 Å². The van der Waals surface area contributed by atoms with Crippen LogP contribution in [0.1, 0.15) is 34.1 Å². The zero-order chi connectivity index (χ0) is 11.5. The number of aliphatic hydroxyl groups is 1. The Kier molecular flexibility index (Phi) is 4.12. The lowest BCUT2D eigenvalue weighted by atomic mass is 9.93. The van der Waals surface area contributed by atoms with Crippen molar-refractivity contribution in [2.24, 2.45) is 0 Å². The Morgan fingerprint density at radius 2 is 1.67 bits per heavy atom. The fraction of sp³-hybridized carbons (Fsp3) is 1.00. The van der Waals surface area contributed by atoms with Crippen molar-refractivity contribution in [3.05, 3.63) is 0 Å². The van der Waals surface area contributed by atoms with Crippen LogP contribution in [-0.4, -0.2) is 42.4 Å². The van der Waals surface area contributed by atoms with Crippen LogP contribution in [0.5, 0.6) is 0 Å². The zero-order valence-corrected chi connectivity index (χ0v) is 10.1. The van der Waals surface area contributed by atoms with Gasteiger partial charge in [0.05, 0.1) is 6.61 Å². The van der Waals surface area contributed by atoms with Gasteiger partial charge in [0.1, 0.15) is 11.2 Å². The van der Waals surface area contributed by atoms with Crippen molar-refractivity contribution in [1.29, 1.82) is 0 Å². The topological polar surface area (TPSA) is 51.2 Å². The number of hydrogen-bond donors (Lipinski definition) is 1. The molecule has 0 saturated carbocycles. The molecule has 4 heteroatoms. The molecule has 0 spiro atoms. The molecule has 0 radical (unpaired) electrons. The molecule has 1 N–H and O–H groups in total. The second-order valence-corrected chi connectivity index (χ2v) is 4.27. The molecule has 0 bridgehead atoms. The summed E-state index contributed by atoms with van der Waals surface area (Å²) >= 11 is 0. The molecule has 90 valence electrons. The molecule has 1 rings (SSSR count). The first-order valence-corrected chi connectivity index (χ1v) is 5.55. The Labute approximate surface area is 91.5 Å². The van der Waals surface area contributed by atoms with E-state index in [1.54, 1.807) is 0 Å². The van der Waals surface area contributed by atoms with Crippen molar-refractivity contribution in [1.82, 2.24) is 0 Å². The summed E-state index contributed by atoms with van der Waals surface area (Å²) in [6, 6.07) is 0. The van der Waals surface area contributed by atoms with Crippen LogP contribution >= 0.6 is 0 Å². The molecule has 0 amide bonds. The number of ether oxygens (including phenoxy) is 3. The molecule has 1 saturated heterocycles. The van der Waals surface area contributed by atoms with E-state index in [9.17, 15) is 0 Å². The van der Waals surface area contributed by atoms with E-state index < -0.39 is 5.60 Å². The Morgan fingerprint density at radius 3 is 2.00 bits per heavy atom. The van der Waals surface area contributed by atoms with Gasteiger partial charge in [0, 0.05) is 19.6 Å². The number of rotatable bonds is 7. The van der Waals surface area contributed by atoms with Gasteiger partial charge in [0.2, 0.25) is 0 Å². The standard InChI is InChI=1S/C11H22O4/c1-5-13-9(14-6-2)7-10(3)11(4,8-12)15-10/h9,12H,5-8H2,1-4H3/t10-,11+/m0/s1. The molecule has 0 aromatic heterocycles. The Morgan fingerprint density at radius 1 is 1.13 bits per heavy atom. The quantitative estimate of drug-likeness (QED) is 0.517. The highest BCUT2D eigenvalue weighted by Gasteiger charge is 2.63. The van der Waals surface area contributed by atoms with E-state index in [0.29, 0.717) is 19.6 Å². The van der Waals surface area contributed by atoms with Crippen molar-refractivity contribution in [2.45, 2.75) is 51.6 Å². The molecule has 0 unspecified atom stereocenters. The Bertz CT molecular complexity index is 203. The fourth-order valence-corrected chi connectivity index (χ4v) is 1.78.